The van der Waals surface area contributed by atoms with Crippen molar-refractivity contribution in [1.29, 1.82) is 5.26 Å². The predicted octanol–water partition coefficient (Wildman–Crippen LogP) is 2.91. The van der Waals surface area contributed by atoms with E-state index < -0.39 is 0 Å². The average Bonchev–Trinajstić information content (AvgIpc) is 2.38. The van der Waals surface area contributed by atoms with E-state index in [1.54, 1.807) is 12.1 Å². The quantitative estimate of drug-likeness (QED) is 0.876. The van der Waals surface area contributed by atoms with Crippen LogP contribution in [-0.2, 0) is 0 Å². The van der Waals surface area contributed by atoms with Crippen molar-refractivity contribution in [2.45, 2.75) is 19.9 Å². The van der Waals surface area contributed by atoms with Crippen molar-refractivity contribution in [2.75, 3.05) is 10.6 Å². The molecule has 2 N–H and O–H groups in total. The number of nitrogens with zero attached hydrogens (tertiary/aromatic N) is 3. The molecule has 2 rings (SSSR count). The van der Waals surface area contributed by atoms with E-state index in [-0.39, 0.29) is 0 Å². The molecule has 0 bridgehead atoms. The summed E-state index contributed by atoms with van der Waals surface area (Å²) in [6.45, 7) is 4.09. The molecular formula is C14H15N5. The SMILES string of the molecule is CC(C)Nc1cc(Nc2cccc(C#N)c2)ncn1. The molecule has 0 aliphatic heterocycles. The predicted molar refractivity (Wildman–Crippen MR) is 75.2 cm³/mol. The van der Waals surface area contributed by atoms with E-state index in [0.717, 1.165) is 11.5 Å². The van der Waals surface area contributed by atoms with Gasteiger partial charge in [0.05, 0.1) is 11.6 Å². The molecule has 5 heteroatoms. The number of hydrogen-bond donors (Lipinski definition) is 2. The Kier molecular flexibility index (Phi) is 3.94. The second-order valence-corrected chi connectivity index (χ2v) is 4.41. The minimum Gasteiger partial charge on any atom is -0.368 e. The van der Waals surface area contributed by atoms with Crippen LogP contribution in [0.3, 0.4) is 0 Å². The zero-order chi connectivity index (χ0) is 13.7. The van der Waals surface area contributed by atoms with Gasteiger partial charge in [-0.2, -0.15) is 5.26 Å². The highest BCUT2D eigenvalue weighted by atomic mass is 15.1. The van der Waals surface area contributed by atoms with E-state index in [2.05, 4.69) is 26.7 Å². The van der Waals surface area contributed by atoms with Crippen molar-refractivity contribution in [3.05, 3.63) is 42.2 Å². The van der Waals surface area contributed by atoms with Gasteiger partial charge < -0.3 is 10.6 Å². The van der Waals surface area contributed by atoms with E-state index in [4.69, 9.17) is 5.26 Å². The third-order valence-electron chi connectivity index (χ3n) is 2.37. The second-order valence-electron chi connectivity index (χ2n) is 4.41. The van der Waals surface area contributed by atoms with Crippen LogP contribution in [0, 0.1) is 11.3 Å². The molecule has 5 nitrogen and oxygen atoms in total. The highest BCUT2D eigenvalue weighted by Gasteiger charge is 2.01. The fraction of sp³-hybridized carbons (Fsp3) is 0.214. The number of benzene rings is 1. The monoisotopic (exact) mass is 253 g/mol. The Morgan fingerprint density at radius 1 is 1.16 bits per heavy atom. The molecule has 0 spiro atoms. The van der Waals surface area contributed by atoms with Gasteiger partial charge in [0.1, 0.15) is 18.0 Å². The Hall–Kier alpha value is -2.61. The lowest BCUT2D eigenvalue weighted by molar-refractivity contribution is 0.886. The molecule has 1 heterocycles. The summed E-state index contributed by atoms with van der Waals surface area (Å²) in [6.07, 6.45) is 1.50. The molecule has 0 aliphatic rings. The Morgan fingerprint density at radius 2 is 1.95 bits per heavy atom. The largest absolute Gasteiger partial charge is 0.368 e. The molecule has 0 saturated heterocycles. The third kappa shape index (κ3) is 3.68. The van der Waals surface area contributed by atoms with Crippen LogP contribution in [-0.4, -0.2) is 16.0 Å². The van der Waals surface area contributed by atoms with Gasteiger partial charge in [-0.3, -0.25) is 0 Å². The van der Waals surface area contributed by atoms with Crippen molar-refractivity contribution in [2.24, 2.45) is 0 Å². The first-order chi connectivity index (χ1) is 9.17. The van der Waals surface area contributed by atoms with Crippen LogP contribution in [0.15, 0.2) is 36.7 Å². The van der Waals surface area contributed by atoms with Crippen LogP contribution in [0.1, 0.15) is 19.4 Å². The molecule has 1 aromatic heterocycles. The van der Waals surface area contributed by atoms with Crippen LogP contribution >= 0.6 is 0 Å². The fourth-order valence-electron chi connectivity index (χ4n) is 1.61. The smallest absolute Gasteiger partial charge is 0.135 e. The van der Waals surface area contributed by atoms with Crippen molar-refractivity contribution in [1.82, 2.24) is 9.97 Å². The van der Waals surface area contributed by atoms with Crippen LogP contribution in [0.4, 0.5) is 17.3 Å². The Morgan fingerprint density at radius 3 is 2.68 bits per heavy atom. The van der Waals surface area contributed by atoms with E-state index in [1.807, 2.05) is 32.0 Å². The zero-order valence-corrected chi connectivity index (χ0v) is 10.9. The maximum atomic E-state index is 8.86. The van der Waals surface area contributed by atoms with E-state index in [9.17, 15) is 0 Å². The molecule has 0 atom stereocenters. The molecular weight excluding hydrogens is 238 g/mol. The van der Waals surface area contributed by atoms with E-state index in [1.165, 1.54) is 6.33 Å². The molecule has 0 unspecified atom stereocenters. The summed E-state index contributed by atoms with van der Waals surface area (Å²) in [5.74, 6) is 1.46. The maximum Gasteiger partial charge on any atom is 0.135 e. The molecule has 0 fully saturated rings. The van der Waals surface area contributed by atoms with Gasteiger partial charge in [-0.05, 0) is 32.0 Å². The maximum absolute atomic E-state index is 8.86. The standard InChI is InChI=1S/C14H15N5/c1-10(2)18-13-7-14(17-9-16-13)19-12-5-3-4-11(6-12)8-15/h3-7,9-10H,1-2H3,(H2,16,17,18,19). The van der Waals surface area contributed by atoms with E-state index >= 15 is 0 Å². The number of nitriles is 1. The number of hydrogen-bond acceptors (Lipinski definition) is 5. The summed E-state index contributed by atoms with van der Waals surface area (Å²) in [6, 6.07) is 11.5. The van der Waals surface area contributed by atoms with Gasteiger partial charge in [-0.1, -0.05) is 6.07 Å². The molecule has 19 heavy (non-hydrogen) atoms. The summed E-state index contributed by atoms with van der Waals surface area (Å²) in [5, 5.41) is 15.2. The number of aromatic nitrogens is 2. The number of anilines is 3. The van der Waals surface area contributed by atoms with Crippen LogP contribution < -0.4 is 10.6 Å². The topological polar surface area (TPSA) is 73.6 Å². The van der Waals surface area contributed by atoms with E-state index in [0.29, 0.717) is 17.4 Å². The lowest BCUT2D eigenvalue weighted by atomic mass is 10.2. The molecule has 96 valence electrons. The Balaban J connectivity index is 2.16. The summed E-state index contributed by atoms with van der Waals surface area (Å²) in [5.41, 5.74) is 1.44. The van der Waals surface area contributed by atoms with Crippen molar-refractivity contribution >= 4 is 17.3 Å². The lowest BCUT2D eigenvalue weighted by Crippen LogP contribution is -2.11. The molecule has 2 aromatic rings. The summed E-state index contributed by atoms with van der Waals surface area (Å²) in [7, 11) is 0. The van der Waals surface area contributed by atoms with Gasteiger partial charge in [0, 0.05) is 17.8 Å². The van der Waals surface area contributed by atoms with Gasteiger partial charge >= 0.3 is 0 Å². The first-order valence-electron chi connectivity index (χ1n) is 6.03. The normalized spacial score (nSPS) is 10.0. The van der Waals surface area contributed by atoms with Crippen LogP contribution in [0.5, 0.6) is 0 Å². The highest BCUT2D eigenvalue weighted by Crippen LogP contribution is 2.17. The number of rotatable bonds is 4. The molecule has 0 radical (unpaired) electrons. The summed E-state index contributed by atoms with van der Waals surface area (Å²) < 4.78 is 0. The molecule has 0 amide bonds. The van der Waals surface area contributed by atoms with Crippen molar-refractivity contribution in [3.63, 3.8) is 0 Å². The zero-order valence-electron chi connectivity index (χ0n) is 10.9. The Labute approximate surface area is 112 Å². The fourth-order valence-corrected chi connectivity index (χ4v) is 1.61. The van der Waals surface area contributed by atoms with Gasteiger partial charge in [-0.25, -0.2) is 9.97 Å². The highest BCUT2D eigenvalue weighted by molar-refractivity contribution is 5.60. The summed E-state index contributed by atoms with van der Waals surface area (Å²) in [4.78, 5) is 8.29. The average molecular weight is 253 g/mol. The lowest BCUT2D eigenvalue weighted by Gasteiger charge is -2.10. The van der Waals surface area contributed by atoms with Crippen molar-refractivity contribution < 1.29 is 0 Å². The van der Waals surface area contributed by atoms with Crippen LogP contribution in [0.25, 0.3) is 0 Å². The third-order valence-corrected chi connectivity index (χ3v) is 2.37. The number of nitrogens with one attached hydrogen (secondary N) is 2. The second kappa shape index (κ2) is 5.83. The van der Waals surface area contributed by atoms with Gasteiger partial charge in [-0.15, -0.1) is 0 Å². The summed E-state index contributed by atoms with van der Waals surface area (Å²) >= 11 is 0. The first kappa shape index (κ1) is 12.8. The first-order valence-corrected chi connectivity index (χ1v) is 6.03. The minimum absolute atomic E-state index is 0.310. The molecule has 1 aromatic carbocycles. The molecule has 0 saturated carbocycles. The minimum atomic E-state index is 0.310. The Bertz CT molecular complexity index is 601. The molecule has 0 aliphatic carbocycles. The van der Waals surface area contributed by atoms with Crippen molar-refractivity contribution in [3.8, 4) is 6.07 Å². The van der Waals surface area contributed by atoms with Gasteiger partial charge in [0.2, 0.25) is 0 Å². The van der Waals surface area contributed by atoms with Gasteiger partial charge in [0.25, 0.3) is 0 Å². The van der Waals surface area contributed by atoms with Crippen LogP contribution in [0.2, 0.25) is 0 Å². The van der Waals surface area contributed by atoms with Gasteiger partial charge in [0.15, 0.2) is 0 Å².